The molecule has 0 saturated heterocycles. The number of hydrogen-bond donors (Lipinski definition) is 0. The van der Waals surface area contributed by atoms with Crippen molar-refractivity contribution in [1.29, 1.82) is 0 Å². The fraction of sp³-hybridized carbons (Fsp3) is 0. The molecular formula is C30H15Mn3O9. The first-order valence-corrected chi connectivity index (χ1v) is 9.05. The minimum atomic E-state index is 0. The zero-order valence-electron chi connectivity index (χ0n) is 21.0. The van der Waals surface area contributed by atoms with Crippen molar-refractivity contribution >= 4 is 0 Å². The van der Waals surface area contributed by atoms with Crippen molar-refractivity contribution in [1.82, 2.24) is 0 Å². The van der Waals surface area contributed by atoms with Crippen molar-refractivity contribution in [2.24, 2.45) is 0 Å². The van der Waals surface area contributed by atoms with E-state index in [0.717, 1.165) is 0 Å². The molecule has 0 unspecified atom stereocenters. The normalized spacial score (nSPS) is 13.0. The van der Waals surface area contributed by atoms with E-state index in [2.05, 4.69) is 155 Å². The van der Waals surface area contributed by atoms with E-state index in [1.54, 1.807) is 0 Å². The van der Waals surface area contributed by atoms with Crippen LogP contribution in [0.2, 0.25) is 0 Å². The first-order chi connectivity index (χ1) is 19.4. The van der Waals surface area contributed by atoms with E-state index in [1.807, 2.05) is 0 Å². The Morgan fingerprint density at radius 3 is 0.500 bits per heavy atom. The summed E-state index contributed by atoms with van der Waals surface area (Å²) in [5, 5.41) is 0. The summed E-state index contributed by atoms with van der Waals surface area (Å²) in [4.78, 5) is 0. The Morgan fingerprint density at radius 1 is 0.262 bits per heavy atom. The van der Waals surface area contributed by atoms with Crippen LogP contribution in [0.1, 0.15) is 16.7 Å². The van der Waals surface area contributed by atoms with Crippen molar-refractivity contribution in [3.8, 4) is 0 Å². The molecule has 42 heavy (non-hydrogen) atoms. The van der Waals surface area contributed by atoms with Crippen LogP contribution in [0.15, 0.2) is 18.2 Å². The SMILES string of the molecule is [C-]#[O+].[C-]#[O+].[C-]#[O+].[C-]#[O+].[C-]#[O+].[C-]#[O+].[C-]#[O+].[C-]#[O+].[C-]#[O+].[CH]1[CH][CH][C](c2cc([C]3[CH][CH][CH][CH]3)cc([C]3[CH][CH][CH][CH]3)c2)[CH]1.[Mn].[Mn].[Mn]. The third kappa shape index (κ3) is 28.6. The Bertz CT molecular complexity index is 698. The number of benzene rings is 1. The summed E-state index contributed by atoms with van der Waals surface area (Å²) in [6.07, 6.45) is 25.5. The molecular weight excluding hydrogens is 669 g/mol. The maximum absolute atomic E-state index is 7.50. The number of rotatable bonds is 3. The van der Waals surface area contributed by atoms with Crippen molar-refractivity contribution in [3.63, 3.8) is 0 Å². The average molecular weight is 684 g/mol. The van der Waals surface area contributed by atoms with E-state index in [1.165, 1.54) is 34.4 Å². The van der Waals surface area contributed by atoms with Gasteiger partial charge >= 0.3 is 102 Å². The Labute approximate surface area is 281 Å². The second-order valence-electron chi connectivity index (χ2n) is 5.32. The van der Waals surface area contributed by atoms with Crippen molar-refractivity contribution in [2.45, 2.75) is 0 Å². The molecule has 0 bridgehead atoms. The summed E-state index contributed by atoms with van der Waals surface area (Å²) < 4.78 is 67.5. The van der Waals surface area contributed by atoms with Crippen molar-refractivity contribution in [3.05, 3.63) is 190 Å². The Balaban J connectivity index is -0.0000000645. The molecule has 0 heterocycles. The second kappa shape index (κ2) is 59.0. The van der Waals surface area contributed by atoms with Gasteiger partial charge in [-0.3, -0.25) is 0 Å². The minimum absolute atomic E-state index is 0. The number of hydrogen-bond acceptors (Lipinski definition) is 0. The van der Waals surface area contributed by atoms with Gasteiger partial charge in [-0.25, -0.2) is 0 Å². The van der Waals surface area contributed by atoms with E-state index < -0.39 is 0 Å². The van der Waals surface area contributed by atoms with Crippen molar-refractivity contribution < 1.29 is 93.1 Å². The van der Waals surface area contributed by atoms with Gasteiger partial charge in [0.25, 0.3) is 0 Å². The van der Waals surface area contributed by atoms with Crippen LogP contribution in [-0.4, -0.2) is 0 Å². The molecule has 9 nitrogen and oxygen atoms in total. The first-order valence-electron chi connectivity index (χ1n) is 9.05. The van der Waals surface area contributed by atoms with Crippen LogP contribution in [0.3, 0.4) is 0 Å². The van der Waals surface area contributed by atoms with Crippen molar-refractivity contribution in [2.75, 3.05) is 0 Å². The van der Waals surface area contributed by atoms with Gasteiger partial charge in [0.15, 0.2) is 0 Å². The maximum atomic E-state index is 7.50. The van der Waals surface area contributed by atoms with Gasteiger partial charge in [0, 0.05) is 69.0 Å². The second-order valence-corrected chi connectivity index (χ2v) is 5.32. The molecule has 3 fully saturated rings. The molecule has 0 spiro atoms. The molecule has 0 aliphatic heterocycles. The zero-order chi connectivity index (χ0) is 32.1. The predicted octanol–water partition coefficient (Wildman–Crippen LogP) is 3.60. The molecule has 0 N–H and O–H groups in total. The Kier molecular flexibility index (Phi) is 89.3. The van der Waals surface area contributed by atoms with E-state index >= 15 is 0 Å². The van der Waals surface area contributed by atoms with Gasteiger partial charge in [-0.15, -0.1) is 0 Å². The third-order valence-corrected chi connectivity index (χ3v) is 3.92. The molecule has 3 aliphatic rings. The minimum Gasteiger partial charge on any atom is -0.0546 e. The summed E-state index contributed by atoms with van der Waals surface area (Å²) in [5.74, 6) is 3.82. The molecule has 0 atom stereocenters. The molecule has 12 heteroatoms. The van der Waals surface area contributed by atoms with Gasteiger partial charge in [0.1, 0.15) is 0 Å². The van der Waals surface area contributed by atoms with E-state index in [9.17, 15) is 0 Å². The van der Waals surface area contributed by atoms with Gasteiger partial charge in [-0.05, 0) is 93.7 Å². The molecule has 210 valence electrons. The molecule has 4 rings (SSSR count). The molecule has 18 radical (unpaired) electrons. The van der Waals surface area contributed by atoms with Crippen LogP contribution >= 0.6 is 0 Å². The monoisotopic (exact) mass is 684 g/mol. The van der Waals surface area contributed by atoms with Crippen LogP contribution in [0.4, 0.5) is 0 Å². The predicted molar refractivity (Wildman–Crippen MR) is 120 cm³/mol. The first kappa shape index (κ1) is 63.6. The van der Waals surface area contributed by atoms with Crippen LogP contribution in [0.25, 0.3) is 0 Å². The summed E-state index contributed by atoms with van der Waals surface area (Å²) in [7, 11) is 0. The molecule has 1 aromatic carbocycles. The molecule has 3 aliphatic carbocycles. The van der Waals surface area contributed by atoms with E-state index in [-0.39, 0.29) is 51.2 Å². The van der Waals surface area contributed by atoms with Gasteiger partial charge in [0.05, 0.1) is 0 Å². The Morgan fingerprint density at radius 2 is 0.381 bits per heavy atom. The van der Waals surface area contributed by atoms with Gasteiger partial charge < -0.3 is 0 Å². The molecule has 3 saturated carbocycles. The third-order valence-electron chi connectivity index (χ3n) is 3.92. The summed E-state index contributed by atoms with van der Waals surface area (Å²) in [5.41, 5.74) is 3.82. The van der Waals surface area contributed by atoms with E-state index in [0.29, 0.717) is 0 Å². The van der Waals surface area contributed by atoms with Gasteiger partial charge in [0.2, 0.25) is 0 Å². The largest absolute Gasteiger partial charge is 0.0546 e. The fourth-order valence-corrected chi connectivity index (χ4v) is 2.83. The Hall–Kier alpha value is -1.56. The van der Waals surface area contributed by atoms with Crippen LogP contribution in [0, 0.1) is 155 Å². The summed E-state index contributed by atoms with van der Waals surface area (Å²) in [6.45, 7) is 40.5. The molecule has 0 amide bonds. The van der Waals surface area contributed by atoms with Gasteiger partial charge in [-0.1, -0.05) is 18.2 Å². The van der Waals surface area contributed by atoms with Gasteiger partial charge in [-0.2, -0.15) is 0 Å². The topological polar surface area (TPSA) is 179 Å². The standard InChI is InChI=1S/C21H15.9CO.3Mn/c1-2-8-16(7-1)19-13-20(17-9-3-4-10-17)15-21(14-19)18-11-5-6-12-18;9*1-2;;;/h1-15H;;;;;;;;;;;;. The quantitative estimate of drug-likeness (QED) is 0.257. The van der Waals surface area contributed by atoms with Crippen LogP contribution < -0.4 is 0 Å². The smallest absolute Gasteiger partial charge is 0.0124 e. The molecule has 0 aromatic heterocycles. The van der Waals surface area contributed by atoms with E-state index in [4.69, 9.17) is 41.9 Å². The summed E-state index contributed by atoms with van der Waals surface area (Å²) >= 11 is 0. The molecule has 1 aromatic rings. The maximum Gasteiger partial charge on any atom is 0.0124 e. The summed E-state index contributed by atoms with van der Waals surface area (Å²) in [6, 6.07) is 6.82. The van der Waals surface area contributed by atoms with Crippen LogP contribution in [0.5, 0.6) is 0 Å². The zero-order valence-corrected chi connectivity index (χ0v) is 24.5. The fourth-order valence-electron chi connectivity index (χ4n) is 2.83. The average Bonchev–Trinajstić information content (AvgIpc) is 3.90. The van der Waals surface area contributed by atoms with Crippen LogP contribution in [-0.2, 0) is 93.1 Å².